The molecule has 2 aromatic heterocycles. The quantitative estimate of drug-likeness (QED) is 0.564. The molecule has 2 atom stereocenters. The van der Waals surface area contributed by atoms with E-state index in [4.69, 9.17) is 9.72 Å². The van der Waals surface area contributed by atoms with Crippen LogP contribution in [-0.2, 0) is 17.3 Å². The number of carbonyl (C=O) groups is 1. The summed E-state index contributed by atoms with van der Waals surface area (Å²) in [6.45, 7) is 3.87. The Morgan fingerprint density at radius 2 is 2.06 bits per heavy atom. The van der Waals surface area contributed by atoms with Crippen molar-refractivity contribution in [1.82, 2.24) is 9.97 Å². The van der Waals surface area contributed by atoms with E-state index in [0.29, 0.717) is 31.9 Å². The summed E-state index contributed by atoms with van der Waals surface area (Å²) in [5.74, 6) is -0.602. The SMILES string of the molecule is Cc1ccc(NC(=O)c2ccnc(C(F)(F)F)c2)cc1-c1cnc2c(c1)N1CCOC[C@@H]1[C@H](CO)C2. The standard InChI is InChI=1S/C26H25F3N4O3/c1-15-2-3-19(32-25(35)16-4-5-30-24(10-16)26(27,28)29)11-20(15)17-9-22-21(31-12-17)8-18(13-34)23-14-36-7-6-33(22)23/h2-5,9-12,18,23,34H,6-8,13-14H2,1H3,(H,32,35)/t18-,23+/m0/s1. The Morgan fingerprint density at radius 3 is 2.83 bits per heavy atom. The lowest BCUT2D eigenvalue weighted by atomic mass is 9.87. The molecule has 0 bridgehead atoms. The number of amides is 1. The number of fused-ring (bicyclic) bond motifs is 3. The van der Waals surface area contributed by atoms with Gasteiger partial charge < -0.3 is 20.1 Å². The van der Waals surface area contributed by atoms with E-state index in [1.807, 2.05) is 13.0 Å². The Bertz CT molecular complexity index is 1300. The predicted octanol–water partition coefficient (Wildman–Crippen LogP) is 4.09. The number of hydrogen-bond acceptors (Lipinski definition) is 6. The Morgan fingerprint density at radius 1 is 1.22 bits per heavy atom. The number of hydrogen-bond donors (Lipinski definition) is 2. The second kappa shape index (κ2) is 9.51. The van der Waals surface area contributed by atoms with Gasteiger partial charge in [0.05, 0.1) is 30.6 Å². The van der Waals surface area contributed by atoms with Gasteiger partial charge in [0, 0.05) is 48.3 Å². The first-order chi connectivity index (χ1) is 17.2. The number of nitrogens with one attached hydrogen (secondary N) is 1. The number of aliphatic hydroxyl groups is 1. The van der Waals surface area contributed by atoms with Crippen LogP contribution in [0.1, 0.15) is 27.3 Å². The number of carbonyl (C=O) groups excluding carboxylic acids is 1. The van der Waals surface area contributed by atoms with Crippen molar-refractivity contribution >= 4 is 17.3 Å². The highest BCUT2D eigenvalue weighted by Gasteiger charge is 2.37. The van der Waals surface area contributed by atoms with Gasteiger partial charge in [-0.25, -0.2) is 0 Å². The van der Waals surface area contributed by atoms with Gasteiger partial charge in [-0.15, -0.1) is 0 Å². The van der Waals surface area contributed by atoms with Crippen molar-refractivity contribution in [2.24, 2.45) is 5.92 Å². The third-order valence-electron chi connectivity index (χ3n) is 6.78. The van der Waals surface area contributed by atoms with Crippen LogP contribution in [0.25, 0.3) is 11.1 Å². The van der Waals surface area contributed by atoms with Crippen LogP contribution in [0.3, 0.4) is 0 Å². The fourth-order valence-electron chi connectivity index (χ4n) is 4.86. The van der Waals surface area contributed by atoms with Crippen molar-refractivity contribution in [3.05, 3.63) is 71.3 Å². The lowest BCUT2D eigenvalue weighted by molar-refractivity contribution is -0.141. The van der Waals surface area contributed by atoms with E-state index in [-0.39, 0.29) is 24.1 Å². The van der Waals surface area contributed by atoms with Crippen molar-refractivity contribution in [2.75, 3.05) is 36.6 Å². The minimum atomic E-state index is -4.64. The van der Waals surface area contributed by atoms with Crippen LogP contribution in [0.4, 0.5) is 24.5 Å². The molecule has 5 rings (SSSR count). The van der Waals surface area contributed by atoms with Gasteiger partial charge in [-0.2, -0.15) is 13.2 Å². The summed E-state index contributed by atoms with van der Waals surface area (Å²) >= 11 is 0. The molecule has 0 aliphatic carbocycles. The number of alkyl halides is 3. The first kappa shape index (κ1) is 24.2. The van der Waals surface area contributed by atoms with Crippen LogP contribution in [0, 0.1) is 12.8 Å². The molecule has 1 aromatic carbocycles. The van der Waals surface area contributed by atoms with Crippen LogP contribution >= 0.6 is 0 Å². The molecule has 36 heavy (non-hydrogen) atoms. The molecule has 0 unspecified atom stereocenters. The molecule has 1 saturated heterocycles. The molecule has 1 amide bonds. The first-order valence-electron chi connectivity index (χ1n) is 11.6. The second-order valence-corrected chi connectivity index (χ2v) is 9.08. The maximum atomic E-state index is 13.0. The number of anilines is 2. The summed E-state index contributed by atoms with van der Waals surface area (Å²) in [4.78, 5) is 22.9. The summed E-state index contributed by atoms with van der Waals surface area (Å²) in [6, 6.07) is 9.47. The van der Waals surface area contributed by atoms with Crippen molar-refractivity contribution in [2.45, 2.75) is 25.6 Å². The highest BCUT2D eigenvalue weighted by Crippen LogP contribution is 2.38. The monoisotopic (exact) mass is 498 g/mol. The molecule has 2 aliphatic rings. The molecule has 0 radical (unpaired) electrons. The lowest BCUT2D eigenvalue weighted by Gasteiger charge is -2.45. The zero-order valence-corrected chi connectivity index (χ0v) is 19.5. The second-order valence-electron chi connectivity index (χ2n) is 9.08. The van der Waals surface area contributed by atoms with Crippen LogP contribution in [0.5, 0.6) is 0 Å². The molecule has 0 spiro atoms. The zero-order valence-electron chi connectivity index (χ0n) is 19.5. The van der Waals surface area contributed by atoms with Crippen molar-refractivity contribution in [3.63, 3.8) is 0 Å². The third kappa shape index (κ3) is 4.66. The fraction of sp³-hybridized carbons (Fsp3) is 0.346. The molecule has 2 N–H and O–H groups in total. The largest absolute Gasteiger partial charge is 0.433 e. The van der Waals surface area contributed by atoms with Crippen molar-refractivity contribution in [1.29, 1.82) is 0 Å². The highest BCUT2D eigenvalue weighted by molar-refractivity contribution is 6.04. The Kier molecular flexibility index (Phi) is 6.40. The van der Waals surface area contributed by atoms with E-state index in [9.17, 15) is 23.1 Å². The van der Waals surface area contributed by atoms with E-state index in [0.717, 1.165) is 40.3 Å². The van der Waals surface area contributed by atoms with E-state index in [1.165, 1.54) is 6.07 Å². The van der Waals surface area contributed by atoms with E-state index >= 15 is 0 Å². The van der Waals surface area contributed by atoms with Gasteiger partial charge in [0.1, 0.15) is 5.69 Å². The number of rotatable bonds is 4. The van der Waals surface area contributed by atoms with Crippen LogP contribution < -0.4 is 10.2 Å². The van der Waals surface area contributed by atoms with E-state index in [1.54, 1.807) is 18.3 Å². The average Bonchev–Trinajstić information content (AvgIpc) is 2.88. The Labute approximate surface area is 205 Å². The molecule has 2 aliphatic heterocycles. The molecule has 4 heterocycles. The zero-order chi connectivity index (χ0) is 25.4. The summed E-state index contributed by atoms with van der Waals surface area (Å²) in [5.41, 5.74) is 3.80. The Hall–Kier alpha value is -3.50. The molecular weight excluding hydrogens is 473 g/mol. The smallest absolute Gasteiger partial charge is 0.396 e. The van der Waals surface area contributed by atoms with Gasteiger partial charge >= 0.3 is 6.18 Å². The molecule has 7 nitrogen and oxygen atoms in total. The number of benzene rings is 1. The Balaban J connectivity index is 1.43. The molecular formula is C26H25F3N4O3. The summed E-state index contributed by atoms with van der Waals surface area (Å²) in [5, 5.41) is 12.5. The molecule has 10 heteroatoms. The maximum absolute atomic E-state index is 13.0. The highest BCUT2D eigenvalue weighted by atomic mass is 19.4. The lowest BCUT2D eigenvalue weighted by Crippen LogP contribution is -2.54. The topological polar surface area (TPSA) is 87.6 Å². The van der Waals surface area contributed by atoms with Gasteiger partial charge in [0.2, 0.25) is 0 Å². The predicted molar refractivity (Wildman–Crippen MR) is 128 cm³/mol. The average molecular weight is 499 g/mol. The third-order valence-corrected chi connectivity index (χ3v) is 6.78. The normalized spacial score (nSPS) is 19.4. The fourth-order valence-corrected chi connectivity index (χ4v) is 4.86. The number of aromatic nitrogens is 2. The molecule has 3 aromatic rings. The first-order valence-corrected chi connectivity index (χ1v) is 11.6. The summed E-state index contributed by atoms with van der Waals surface area (Å²) < 4.78 is 44.6. The van der Waals surface area contributed by atoms with Gasteiger partial charge in [0.25, 0.3) is 5.91 Å². The van der Waals surface area contributed by atoms with Gasteiger partial charge in [-0.1, -0.05) is 6.07 Å². The number of ether oxygens (including phenoxy) is 1. The van der Waals surface area contributed by atoms with E-state index < -0.39 is 17.8 Å². The maximum Gasteiger partial charge on any atom is 0.433 e. The van der Waals surface area contributed by atoms with Gasteiger partial charge in [-0.3, -0.25) is 14.8 Å². The van der Waals surface area contributed by atoms with E-state index in [2.05, 4.69) is 21.3 Å². The molecule has 188 valence electrons. The van der Waals surface area contributed by atoms with Gasteiger partial charge in [0.15, 0.2) is 0 Å². The molecule has 0 saturated carbocycles. The minimum Gasteiger partial charge on any atom is -0.396 e. The summed E-state index contributed by atoms with van der Waals surface area (Å²) in [6.07, 6.45) is -1.22. The summed E-state index contributed by atoms with van der Waals surface area (Å²) in [7, 11) is 0. The minimum absolute atomic E-state index is 0.0578. The number of nitrogens with zero attached hydrogens (tertiary/aromatic N) is 3. The molecule has 1 fully saturated rings. The van der Waals surface area contributed by atoms with Crippen LogP contribution in [0.15, 0.2) is 48.8 Å². The van der Waals surface area contributed by atoms with Crippen molar-refractivity contribution in [3.8, 4) is 11.1 Å². The number of aliphatic hydroxyl groups excluding tert-OH is 1. The van der Waals surface area contributed by atoms with Crippen molar-refractivity contribution < 1.29 is 27.8 Å². The van der Waals surface area contributed by atoms with Crippen LogP contribution in [0.2, 0.25) is 0 Å². The van der Waals surface area contributed by atoms with Crippen LogP contribution in [-0.4, -0.2) is 53.4 Å². The number of halogens is 3. The number of morpholine rings is 1. The number of pyridine rings is 2. The van der Waals surface area contributed by atoms with Gasteiger partial charge in [-0.05, 0) is 54.8 Å². The number of aryl methyl sites for hydroxylation is 1.